The number of nitrogens with one attached hydrogen (secondary N) is 2. The molecule has 4 N–H and O–H groups in total. The van der Waals surface area contributed by atoms with Crippen molar-refractivity contribution in [3.05, 3.63) is 59.2 Å². The molecule has 0 atom stereocenters. The fourth-order valence-electron chi connectivity index (χ4n) is 2.79. The van der Waals surface area contributed by atoms with Crippen molar-refractivity contribution < 1.29 is 17.6 Å². The lowest BCUT2D eigenvalue weighted by atomic mass is 9.98. The van der Waals surface area contributed by atoms with Gasteiger partial charge in [-0.3, -0.25) is 15.4 Å². The molecule has 0 amide bonds. The highest BCUT2D eigenvalue weighted by Gasteiger charge is 2.33. The van der Waals surface area contributed by atoms with Gasteiger partial charge in [-0.25, -0.2) is 14.4 Å². The Morgan fingerprint density at radius 1 is 1.11 bits per heavy atom. The summed E-state index contributed by atoms with van der Waals surface area (Å²) in [5.41, 5.74) is 4.96. The van der Waals surface area contributed by atoms with Crippen molar-refractivity contribution in [1.29, 1.82) is 10.8 Å². The molecular formula is C18H14F4N6. The third-order valence-electron chi connectivity index (χ3n) is 3.96. The van der Waals surface area contributed by atoms with E-state index in [0.717, 1.165) is 23.0 Å². The monoisotopic (exact) mass is 390 g/mol. The van der Waals surface area contributed by atoms with Gasteiger partial charge in [0.05, 0.1) is 12.0 Å². The number of aryl methyl sites for hydroxylation is 1. The maximum atomic E-state index is 13.7. The van der Waals surface area contributed by atoms with E-state index in [1.165, 1.54) is 31.2 Å². The van der Waals surface area contributed by atoms with Crippen molar-refractivity contribution in [3.63, 3.8) is 0 Å². The fourth-order valence-corrected chi connectivity index (χ4v) is 2.79. The summed E-state index contributed by atoms with van der Waals surface area (Å²) in [5.74, 6) is -0.756. The highest BCUT2D eigenvalue weighted by atomic mass is 19.4. The van der Waals surface area contributed by atoms with Crippen molar-refractivity contribution in [3.8, 4) is 22.4 Å². The van der Waals surface area contributed by atoms with Gasteiger partial charge in [0.1, 0.15) is 17.3 Å². The average molecular weight is 390 g/mol. The van der Waals surface area contributed by atoms with E-state index in [2.05, 4.69) is 9.97 Å². The standard InChI is InChI=1S/C18H14F4N6/c1-9-5-11(7-13(26-9)18(20,21)22)14-15(10-3-2-4-12(19)6-10)27-17(25)28(8-23)16(14)24/h2-8,23,25H,24H2,1H3. The van der Waals surface area contributed by atoms with Gasteiger partial charge in [0.15, 0.2) is 0 Å². The largest absolute Gasteiger partial charge is 0.433 e. The van der Waals surface area contributed by atoms with Gasteiger partial charge in [-0.15, -0.1) is 0 Å². The van der Waals surface area contributed by atoms with Crippen molar-refractivity contribution in [2.24, 2.45) is 0 Å². The lowest BCUT2D eigenvalue weighted by Gasteiger charge is -2.17. The highest BCUT2D eigenvalue weighted by molar-refractivity contribution is 5.89. The van der Waals surface area contributed by atoms with Crippen LogP contribution in [0.1, 0.15) is 11.4 Å². The minimum Gasteiger partial charge on any atom is -0.384 e. The molecule has 0 unspecified atom stereocenters. The van der Waals surface area contributed by atoms with E-state index in [0.29, 0.717) is 0 Å². The Morgan fingerprint density at radius 3 is 2.43 bits per heavy atom. The van der Waals surface area contributed by atoms with Crippen LogP contribution in [0.15, 0.2) is 36.4 Å². The third kappa shape index (κ3) is 3.48. The quantitative estimate of drug-likeness (QED) is 0.362. The molecule has 3 rings (SSSR count). The van der Waals surface area contributed by atoms with E-state index < -0.39 is 23.3 Å². The summed E-state index contributed by atoms with van der Waals surface area (Å²) in [6, 6.07) is 7.43. The van der Waals surface area contributed by atoms with E-state index >= 15 is 0 Å². The second-order valence-electron chi connectivity index (χ2n) is 5.93. The Bertz CT molecular complexity index is 1130. The third-order valence-corrected chi connectivity index (χ3v) is 3.96. The number of hydrogen-bond donors (Lipinski definition) is 3. The fraction of sp³-hybridized carbons (Fsp3) is 0.111. The minimum atomic E-state index is -4.69. The Balaban J connectivity index is 2.42. The van der Waals surface area contributed by atoms with Crippen LogP contribution in [0.25, 0.3) is 22.4 Å². The molecule has 10 heteroatoms. The Labute approximate surface area is 156 Å². The van der Waals surface area contributed by atoms with Crippen LogP contribution in [0, 0.1) is 23.6 Å². The van der Waals surface area contributed by atoms with Crippen LogP contribution < -0.4 is 11.4 Å². The first-order chi connectivity index (χ1) is 13.1. The molecule has 0 saturated carbocycles. The van der Waals surface area contributed by atoms with Crippen LogP contribution in [0.4, 0.5) is 23.4 Å². The first-order valence-electron chi connectivity index (χ1n) is 7.91. The number of alkyl halides is 3. The van der Waals surface area contributed by atoms with Gasteiger partial charge >= 0.3 is 6.18 Å². The molecule has 2 aromatic heterocycles. The Hall–Kier alpha value is -3.56. The number of halogens is 4. The first-order valence-corrected chi connectivity index (χ1v) is 7.91. The zero-order valence-electron chi connectivity index (χ0n) is 14.5. The van der Waals surface area contributed by atoms with Crippen LogP contribution >= 0.6 is 0 Å². The van der Waals surface area contributed by atoms with Crippen LogP contribution in [0.5, 0.6) is 0 Å². The highest BCUT2D eigenvalue weighted by Crippen LogP contribution is 2.37. The van der Waals surface area contributed by atoms with Crippen LogP contribution in [-0.2, 0) is 6.18 Å². The van der Waals surface area contributed by atoms with E-state index in [1.54, 1.807) is 0 Å². The molecule has 0 aliphatic rings. The van der Waals surface area contributed by atoms with E-state index in [9.17, 15) is 17.6 Å². The van der Waals surface area contributed by atoms with Crippen molar-refractivity contribution >= 4 is 12.2 Å². The number of nitrogens with zero attached hydrogens (tertiary/aromatic N) is 3. The molecule has 0 fully saturated rings. The van der Waals surface area contributed by atoms with Gasteiger partial charge in [0.25, 0.3) is 0 Å². The van der Waals surface area contributed by atoms with Crippen LogP contribution in [-0.4, -0.2) is 20.9 Å². The van der Waals surface area contributed by atoms with Gasteiger partial charge < -0.3 is 5.73 Å². The second kappa shape index (κ2) is 6.87. The Kier molecular flexibility index (Phi) is 4.72. The SMILES string of the molecule is Cc1cc(-c2c(-c3cccc(F)c3)nc(=N)n(C=N)c2N)cc(C(F)(F)F)n1. The molecule has 3 aromatic rings. The molecule has 0 saturated heterocycles. The number of rotatable bonds is 3. The normalized spacial score (nSPS) is 11.5. The smallest absolute Gasteiger partial charge is 0.384 e. The van der Waals surface area contributed by atoms with Crippen LogP contribution in [0.3, 0.4) is 0 Å². The van der Waals surface area contributed by atoms with Crippen LogP contribution in [0.2, 0.25) is 0 Å². The molecule has 0 radical (unpaired) electrons. The van der Waals surface area contributed by atoms with E-state index in [4.69, 9.17) is 16.6 Å². The molecule has 0 bridgehead atoms. The molecule has 28 heavy (non-hydrogen) atoms. The first kappa shape index (κ1) is 19.2. The number of hydrogen-bond acceptors (Lipinski definition) is 5. The zero-order valence-corrected chi connectivity index (χ0v) is 14.5. The zero-order chi connectivity index (χ0) is 20.6. The molecule has 0 spiro atoms. The van der Waals surface area contributed by atoms with Gasteiger partial charge in [-0.2, -0.15) is 13.2 Å². The van der Waals surface area contributed by atoms with Crippen molar-refractivity contribution in [1.82, 2.24) is 14.5 Å². The van der Waals surface area contributed by atoms with Gasteiger partial charge in [0.2, 0.25) is 5.62 Å². The lowest BCUT2D eigenvalue weighted by molar-refractivity contribution is -0.141. The number of anilines is 1. The number of nitrogens with two attached hydrogens (primary N) is 1. The molecule has 6 nitrogen and oxygen atoms in total. The summed E-state index contributed by atoms with van der Waals surface area (Å²) in [6.07, 6.45) is -3.96. The maximum absolute atomic E-state index is 13.7. The summed E-state index contributed by atoms with van der Waals surface area (Å²) in [6.45, 7) is 1.40. The molecule has 144 valence electrons. The number of benzene rings is 1. The average Bonchev–Trinajstić information content (AvgIpc) is 2.60. The molecule has 2 heterocycles. The molecule has 0 aliphatic heterocycles. The van der Waals surface area contributed by atoms with E-state index in [-0.39, 0.29) is 33.9 Å². The van der Waals surface area contributed by atoms with Crippen molar-refractivity contribution in [2.75, 3.05) is 5.73 Å². The Morgan fingerprint density at radius 2 is 1.82 bits per heavy atom. The summed E-state index contributed by atoms with van der Waals surface area (Å²) in [5, 5.41) is 15.4. The summed E-state index contributed by atoms with van der Waals surface area (Å²) < 4.78 is 54.3. The molecular weight excluding hydrogens is 376 g/mol. The van der Waals surface area contributed by atoms with E-state index in [1.807, 2.05) is 0 Å². The predicted octanol–water partition coefficient (Wildman–Crippen LogP) is 3.60. The van der Waals surface area contributed by atoms with Gasteiger partial charge in [-0.1, -0.05) is 12.1 Å². The predicted molar refractivity (Wildman–Crippen MR) is 95.0 cm³/mol. The second-order valence-corrected chi connectivity index (χ2v) is 5.93. The summed E-state index contributed by atoms with van der Waals surface area (Å²) >= 11 is 0. The lowest BCUT2D eigenvalue weighted by Crippen LogP contribution is -2.27. The van der Waals surface area contributed by atoms with Gasteiger partial charge in [-0.05, 0) is 36.8 Å². The van der Waals surface area contributed by atoms with Crippen molar-refractivity contribution in [2.45, 2.75) is 13.1 Å². The number of pyridine rings is 1. The summed E-state index contributed by atoms with van der Waals surface area (Å²) in [7, 11) is 0. The maximum Gasteiger partial charge on any atom is 0.433 e. The minimum absolute atomic E-state index is 0.0267. The van der Waals surface area contributed by atoms with Gasteiger partial charge in [0, 0.05) is 16.8 Å². The molecule has 1 aromatic carbocycles. The number of aromatic nitrogens is 3. The summed E-state index contributed by atoms with van der Waals surface area (Å²) in [4.78, 5) is 7.55. The molecule has 0 aliphatic carbocycles. The topological polar surface area (TPSA) is 104 Å². The number of nitrogen functional groups attached to an aromatic ring is 1.